The van der Waals surface area contributed by atoms with Crippen LogP contribution in [0.3, 0.4) is 0 Å². The number of phenolic OH excluding ortho intramolecular Hbond substituents is 1. The number of amides is 3. The molecule has 1 fully saturated rings. The maximum absolute atomic E-state index is 14.0. The zero-order chi connectivity index (χ0) is 31.1. The third-order valence-corrected chi connectivity index (χ3v) is 9.97. The molecule has 0 spiro atoms. The Kier molecular flexibility index (Phi) is 7.69. The first kappa shape index (κ1) is 29.1. The van der Waals surface area contributed by atoms with Gasteiger partial charge in [0.15, 0.2) is 11.5 Å². The average Bonchev–Trinajstić information content (AvgIpc) is 3.45. The van der Waals surface area contributed by atoms with Crippen molar-refractivity contribution >= 4 is 57.9 Å². The molecule has 6 rings (SSSR count). The summed E-state index contributed by atoms with van der Waals surface area (Å²) in [4.78, 5) is 65.9. The number of thioether (sulfide) groups is 1. The number of hydrogen-bond acceptors (Lipinski definition) is 10. The number of rotatable bonds is 8. The normalized spacial score (nSPS) is 18.9. The van der Waals surface area contributed by atoms with Gasteiger partial charge < -0.3 is 15.2 Å². The second-order valence-corrected chi connectivity index (χ2v) is 12.1. The number of thiazole rings is 1. The second kappa shape index (κ2) is 11.6. The van der Waals surface area contributed by atoms with Crippen molar-refractivity contribution in [1.82, 2.24) is 4.57 Å². The molecule has 2 aliphatic rings. The fourth-order valence-electron chi connectivity index (χ4n) is 5.45. The summed E-state index contributed by atoms with van der Waals surface area (Å²) in [6.07, 6.45) is 0. The highest BCUT2D eigenvalue weighted by Crippen LogP contribution is 2.54. The summed E-state index contributed by atoms with van der Waals surface area (Å²) in [5, 5.41) is 23.7. The number of anilines is 2. The van der Waals surface area contributed by atoms with Gasteiger partial charge in [-0.2, -0.15) is 0 Å². The van der Waals surface area contributed by atoms with Crippen LogP contribution in [0.4, 0.5) is 17.1 Å². The van der Waals surface area contributed by atoms with Crippen LogP contribution in [0, 0.1) is 16.0 Å². The Morgan fingerprint density at radius 1 is 1.05 bits per heavy atom. The van der Waals surface area contributed by atoms with Gasteiger partial charge >= 0.3 is 4.87 Å². The van der Waals surface area contributed by atoms with E-state index in [0.717, 1.165) is 28.0 Å². The minimum absolute atomic E-state index is 0.109. The molecule has 0 saturated carbocycles. The fourth-order valence-corrected chi connectivity index (χ4v) is 8.23. The highest BCUT2D eigenvalue weighted by Gasteiger charge is 2.57. The first-order valence-corrected chi connectivity index (χ1v) is 15.2. The number of para-hydroxylation sites is 1. The summed E-state index contributed by atoms with van der Waals surface area (Å²) >= 11 is 1.94. The second-order valence-electron chi connectivity index (χ2n) is 10.0. The van der Waals surface area contributed by atoms with E-state index in [1.807, 2.05) is 6.07 Å². The van der Waals surface area contributed by atoms with Crippen LogP contribution in [0.5, 0.6) is 11.5 Å². The molecule has 0 aliphatic carbocycles. The topological polar surface area (TPSA) is 161 Å². The van der Waals surface area contributed by atoms with Gasteiger partial charge in [0.25, 0.3) is 5.69 Å². The van der Waals surface area contributed by atoms with Gasteiger partial charge in [-0.15, -0.1) is 0 Å². The van der Waals surface area contributed by atoms with E-state index in [0.29, 0.717) is 21.2 Å². The zero-order valence-electron chi connectivity index (χ0n) is 23.0. The highest BCUT2D eigenvalue weighted by atomic mass is 32.2. The number of nitro benzene ring substituents is 1. The van der Waals surface area contributed by atoms with E-state index in [-0.39, 0.29) is 36.0 Å². The van der Waals surface area contributed by atoms with Crippen LogP contribution < -0.4 is 19.8 Å². The smallest absolute Gasteiger partial charge is 0.308 e. The van der Waals surface area contributed by atoms with Crippen LogP contribution in [0.25, 0.3) is 0 Å². The molecule has 14 heteroatoms. The van der Waals surface area contributed by atoms with Gasteiger partial charge in [-0.3, -0.25) is 33.9 Å². The van der Waals surface area contributed by atoms with Crippen LogP contribution in [0.2, 0.25) is 0 Å². The molecule has 2 N–H and O–H groups in total. The van der Waals surface area contributed by atoms with E-state index in [2.05, 4.69) is 5.32 Å². The number of carbonyl (C=O) groups is 3. The summed E-state index contributed by atoms with van der Waals surface area (Å²) in [6.45, 7) is 1.70. The number of benzene rings is 3. The molecule has 1 aromatic heterocycles. The van der Waals surface area contributed by atoms with Crippen LogP contribution in [-0.4, -0.2) is 44.2 Å². The van der Waals surface area contributed by atoms with Crippen molar-refractivity contribution in [3.8, 4) is 11.5 Å². The lowest BCUT2D eigenvalue weighted by atomic mass is 9.83. The average molecular weight is 633 g/mol. The molecule has 44 heavy (non-hydrogen) atoms. The minimum atomic E-state index is -0.961. The zero-order valence-corrected chi connectivity index (χ0v) is 24.7. The number of imide groups is 1. The van der Waals surface area contributed by atoms with Crippen molar-refractivity contribution < 1.29 is 29.2 Å². The number of nitro groups is 1. The molecule has 1 saturated heterocycles. The lowest BCUT2D eigenvalue weighted by molar-refractivity contribution is -0.384. The van der Waals surface area contributed by atoms with Crippen LogP contribution >= 0.6 is 23.1 Å². The number of hydrogen-bond donors (Lipinski definition) is 2. The quantitative estimate of drug-likeness (QED) is 0.163. The number of fused-ring (bicyclic) bond motifs is 2. The van der Waals surface area contributed by atoms with Crippen molar-refractivity contribution in [3.05, 3.63) is 103 Å². The Balaban J connectivity index is 1.43. The molecule has 0 bridgehead atoms. The Hall–Kier alpha value is -4.95. The number of ether oxygens (including phenoxy) is 1. The van der Waals surface area contributed by atoms with Gasteiger partial charge in [0.05, 0.1) is 28.2 Å². The van der Waals surface area contributed by atoms with Crippen molar-refractivity contribution in [2.24, 2.45) is 5.92 Å². The lowest BCUT2D eigenvalue weighted by Gasteiger charge is -2.31. The molecule has 4 aromatic rings. The van der Waals surface area contributed by atoms with Gasteiger partial charge in [-0.05, 0) is 48.9 Å². The predicted octanol–water partition coefficient (Wildman–Crippen LogP) is 4.36. The fraction of sp³-hybridized carbons (Fsp3) is 0.200. The number of carbonyl (C=O) groups excluding carboxylic acids is 3. The number of aromatic nitrogens is 1. The number of phenols is 1. The van der Waals surface area contributed by atoms with Gasteiger partial charge in [0, 0.05) is 28.6 Å². The Morgan fingerprint density at radius 2 is 1.77 bits per heavy atom. The molecule has 0 radical (unpaired) electrons. The van der Waals surface area contributed by atoms with Gasteiger partial charge in [-0.1, -0.05) is 47.4 Å². The van der Waals surface area contributed by atoms with E-state index in [1.165, 1.54) is 34.9 Å². The summed E-state index contributed by atoms with van der Waals surface area (Å²) in [5.74, 6) is -3.18. The first-order valence-electron chi connectivity index (χ1n) is 13.5. The number of non-ortho nitro benzene ring substituents is 1. The van der Waals surface area contributed by atoms with Crippen LogP contribution in [-0.2, 0) is 20.9 Å². The number of nitrogens with zero attached hydrogens (tertiary/aromatic N) is 3. The Morgan fingerprint density at radius 3 is 2.45 bits per heavy atom. The monoisotopic (exact) mass is 632 g/mol. The molecule has 12 nitrogen and oxygen atoms in total. The van der Waals surface area contributed by atoms with Crippen LogP contribution in [0.15, 0.2) is 82.6 Å². The Labute approximate surface area is 258 Å². The van der Waals surface area contributed by atoms with Gasteiger partial charge in [-0.25, -0.2) is 4.90 Å². The summed E-state index contributed by atoms with van der Waals surface area (Å²) < 4.78 is 6.89. The number of aromatic hydroxyl groups is 1. The largest absolute Gasteiger partial charge is 0.504 e. The lowest BCUT2D eigenvalue weighted by Crippen LogP contribution is -2.33. The van der Waals surface area contributed by atoms with Crippen molar-refractivity contribution in [2.45, 2.75) is 29.7 Å². The first-order chi connectivity index (χ1) is 21.2. The maximum atomic E-state index is 14.0. The summed E-state index contributed by atoms with van der Waals surface area (Å²) in [7, 11) is 0. The van der Waals surface area contributed by atoms with Crippen molar-refractivity contribution in [3.63, 3.8) is 0 Å². The van der Waals surface area contributed by atoms with Crippen molar-refractivity contribution in [1.29, 1.82) is 0 Å². The van der Waals surface area contributed by atoms with E-state index < -0.39 is 44.6 Å². The van der Waals surface area contributed by atoms with E-state index in [9.17, 15) is 34.4 Å². The molecule has 3 aromatic carbocycles. The molecule has 2 aliphatic heterocycles. The molecular formula is C30H24N4O8S2. The predicted molar refractivity (Wildman–Crippen MR) is 163 cm³/mol. The molecule has 3 heterocycles. The third-order valence-electron chi connectivity index (χ3n) is 7.37. The summed E-state index contributed by atoms with van der Waals surface area (Å²) in [5.41, 5.74) is 1.09. The maximum Gasteiger partial charge on any atom is 0.308 e. The van der Waals surface area contributed by atoms with E-state index in [1.54, 1.807) is 43.3 Å². The van der Waals surface area contributed by atoms with Crippen LogP contribution in [0.1, 0.15) is 23.3 Å². The van der Waals surface area contributed by atoms with Crippen molar-refractivity contribution in [2.75, 3.05) is 16.8 Å². The number of nitrogens with one attached hydrogen (secondary N) is 1. The van der Waals surface area contributed by atoms with Gasteiger partial charge in [0.2, 0.25) is 17.7 Å². The molecule has 3 atom stereocenters. The van der Waals surface area contributed by atoms with Gasteiger partial charge in [0.1, 0.15) is 11.8 Å². The molecular weight excluding hydrogens is 608 g/mol. The third kappa shape index (κ3) is 5.11. The Bertz CT molecular complexity index is 1850. The standard InChI is InChI=1S/C30H24N4O8S2/c1-2-42-21-14-16(8-13-20(21)35)23-24-25(28(38)33(27(24)37)18-9-11-19(12-10-18)34(40)41)43-29-26(23)44-30(39)32(29)15-22(36)31-17-6-4-3-5-7-17/h3-14,23-25,35H,2,15H2,1H3,(H,31,36). The minimum Gasteiger partial charge on any atom is -0.504 e. The summed E-state index contributed by atoms with van der Waals surface area (Å²) in [6, 6.07) is 18.5. The molecule has 3 unspecified atom stereocenters. The highest BCUT2D eigenvalue weighted by molar-refractivity contribution is 8.00. The SMILES string of the molecule is CCOc1cc(C2c3sc(=O)n(CC(=O)Nc4ccccc4)c3SC3C(=O)N(c4ccc([N+](=O)[O-])cc4)C(=O)C32)ccc1O. The molecule has 224 valence electrons. The molecule has 3 amide bonds. The van der Waals surface area contributed by atoms with E-state index >= 15 is 0 Å². The van der Waals surface area contributed by atoms with E-state index in [4.69, 9.17) is 4.74 Å².